The lowest BCUT2D eigenvalue weighted by molar-refractivity contribution is -0.137. The van der Waals surface area contributed by atoms with Gasteiger partial charge in [-0.15, -0.1) is 0 Å². The molecule has 1 aromatic heterocycles. The van der Waals surface area contributed by atoms with Crippen LogP contribution in [-0.2, 0) is 11.0 Å². The summed E-state index contributed by atoms with van der Waals surface area (Å²) in [6.45, 7) is 9.38. The molecule has 1 aliphatic carbocycles. The first-order chi connectivity index (χ1) is 16.5. The largest absolute Gasteiger partial charge is 0.416 e. The molecule has 2 heterocycles. The third-order valence-electron chi connectivity index (χ3n) is 7.15. The number of nitrogens with zero attached hydrogens (tertiary/aromatic N) is 3. The van der Waals surface area contributed by atoms with Crippen molar-refractivity contribution in [2.75, 3.05) is 11.9 Å². The number of likely N-dealkylation sites (tertiary alicyclic amines) is 1. The number of aromatic nitrogens is 2. The van der Waals surface area contributed by atoms with E-state index in [-0.39, 0.29) is 28.7 Å². The number of nitrogens with one attached hydrogen (secondary N) is 2. The van der Waals surface area contributed by atoms with E-state index in [0.29, 0.717) is 30.4 Å². The van der Waals surface area contributed by atoms with Gasteiger partial charge in [-0.2, -0.15) is 13.2 Å². The molecule has 2 aliphatic rings. The molecular formula is C26H36F3N5O. The lowest BCUT2D eigenvalue weighted by Gasteiger charge is -2.43. The number of amides is 1. The molecule has 6 nitrogen and oxygen atoms in total. The molecule has 4 rings (SSSR count). The van der Waals surface area contributed by atoms with Gasteiger partial charge in [-0.1, -0.05) is 13.3 Å². The van der Waals surface area contributed by atoms with E-state index in [9.17, 15) is 18.0 Å². The summed E-state index contributed by atoms with van der Waals surface area (Å²) in [4.78, 5) is 23.7. The van der Waals surface area contributed by atoms with Crippen molar-refractivity contribution in [2.45, 2.75) is 96.1 Å². The number of benzene rings is 1. The molecule has 1 aromatic carbocycles. The van der Waals surface area contributed by atoms with E-state index in [1.807, 2.05) is 4.90 Å². The van der Waals surface area contributed by atoms with Crippen molar-refractivity contribution < 1.29 is 18.0 Å². The zero-order valence-corrected chi connectivity index (χ0v) is 21.0. The van der Waals surface area contributed by atoms with Crippen molar-refractivity contribution >= 4 is 22.6 Å². The zero-order chi connectivity index (χ0) is 25.4. The van der Waals surface area contributed by atoms with Crippen LogP contribution in [0.3, 0.4) is 0 Å². The Morgan fingerprint density at radius 1 is 1.11 bits per heavy atom. The summed E-state index contributed by atoms with van der Waals surface area (Å²) in [6, 6.07) is 3.55. The van der Waals surface area contributed by atoms with Gasteiger partial charge in [-0.05, 0) is 77.0 Å². The first-order valence-corrected chi connectivity index (χ1v) is 12.6. The standard InChI is InChI=1S/C26H36F3N5O/c1-5-6-16-13-18(33-25(2,3)4)8-10-22(16)34-12-11-21(24(34)35)32-23-19-14-17(26(27,28)29)7-9-20(19)30-15-31-23/h7,9,14-16,18,21-22,33H,5-6,8,10-13H2,1-4H3,(H,30,31,32)/t16-,18-,21?,22+/m1/s1. The molecule has 9 heteroatoms. The molecule has 1 saturated heterocycles. The van der Waals surface area contributed by atoms with Gasteiger partial charge < -0.3 is 15.5 Å². The zero-order valence-electron chi connectivity index (χ0n) is 21.0. The molecule has 2 N–H and O–H groups in total. The lowest BCUT2D eigenvalue weighted by Crippen LogP contribution is -2.52. The number of alkyl halides is 3. The molecule has 2 aromatic rings. The summed E-state index contributed by atoms with van der Waals surface area (Å²) < 4.78 is 39.8. The van der Waals surface area contributed by atoms with Crippen LogP contribution in [-0.4, -0.2) is 51.0 Å². The Hall–Kier alpha value is -2.42. The Balaban J connectivity index is 1.49. The average Bonchev–Trinajstić information content (AvgIpc) is 3.12. The third-order valence-corrected chi connectivity index (χ3v) is 7.15. The molecule has 192 valence electrons. The first kappa shape index (κ1) is 25.7. The summed E-state index contributed by atoms with van der Waals surface area (Å²) in [6.07, 6.45) is 2.64. The average molecular weight is 492 g/mol. The topological polar surface area (TPSA) is 70.2 Å². The second kappa shape index (κ2) is 9.91. The van der Waals surface area contributed by atoms with Crippen LogP contribution in [0, 0.1) is 5.92 Å². The molecule has 0 radical (unpaired) electrons. The van der Waals surface area contributed by atoms with Crippen LogP contribution in [0.4, 0.5) is 19.0 Å². The molecular weight excluding hydrogens is 455 g/mol. The summed E-state index contributed by atoms with van der Waals surface area (Å²) in [5.74, 6) is 0.715. The SMILES string of the molecule is CCC[C@@H]1C[C@H](NC(C)(C)C)CC[C@@H]1N1CCC(Nc2ncnc3ccc(C(F)(F)F)cc23)C1=O. The maximum Gasteiger partial charge on any atom is 0.416 e. The fourth-order valence-electron chi connectivity index (χ4n) is 5.76. The summed E-state index contributed by atoms with van der Waals surface area (Å²) >= 11 is 0. The van der Waals surface area contributed by atoms with E-state index >= 15 is 0 Å². The fourth-order valence-corrected chi connectivity index (χ4v) is 5.76. The molecule has 1 amide bonds. The van der Waals surface area contributed by atoms with Crippen LogP contribution >= 0.6 is 0 Å². The molecule has 1 aliphatic heterocycles. The van der Waals surface area contributed by atoms with Gasteiger partial charge in [0, 0.05) is 29.6 Å². The third kappa shape index (κ3) is 5.88. The highest BCUT2D eigenvalue weighted by Crippen LogP contribution is 2.36. The van der Waals surface area contributed by atoms with E-state index in [4.69, 9.17) is 0 Å². The van der Waals surface area contributed by atoms with Crippen molar-refractivity contribution in [2.24, 2.45) is 5.92 Å². The maximum absolute atomic E-state index is 13.5. The number of hydrogen-bond donors (Lipinski definition) is 2. The van der Waals surface area contributed by atoms with Crippen molar-refractivity contribution in [3.63, 3.8) is 0 Å². The lowest BCUT2D eigenvalue weighted by atomic mass is 9.78. The van der Waals surface area contributed by atoms with Gasteiger partial charge >= 0.3 is 6.18 Å². The Bertz CT molecular complexity index is 1050. The van der Waals surface area contributed by atoms with E-state index in [1.54, 1.807) is 0 Å². The summed E-state index contributed by atoms with van der Waals surface area (Å²) in [7, 11) is 0. The summed E-state index contributed by atoms with van der Waals surface area (Å²) in [5.41, 5.74) is -0.297. The summed E-state index contributed by atoms with van der Waals surface area (Å²) in [5, 5.41) is 7.15. The highest BCUT2D eigenvalue weighted by atomic mass is 19.4. The van der Waals surface area contributed by atoms with Crippen LogP contribution in [0.5, 0.6) is 0 Å². The van der Waals surface area contributed by atoms with E-state index in [0.717, 1.165) is 44.2 Å². The monoisotopic (exact) mass is 491 g/mol. The molecule has 1 unspecified atom stereocenters. The number of rotatable bonds is 6. The minimum atomic E-state index is -4.46. The highest BCUT2D eigenvalue weighted by Gasteiger charge is 2.42. The predicted molar refractivity (Wildman–Crippen MR) is 131 cm³/mol. The minimum absolute atomic E-state index is 0.0112. The van der Waals surface area contributed by atoms with E-state index in [2.05, 4.69) is 48.3 Å². The van der Waals surface area contributed by atoms with Crippen molar-refractivity contribution in [1.82, 2.24) is 20.2 Å². The van der Waals surface area contributed by atoms with Gasteiger partial charge in [0.15, 0.2) is 0 Å². The van der Waals surface area contributed by atoms with Crippen molar-refractivity contribution in [3.05, 3.63) is 30.1 Å². The van der Waals surface area contributed by atoms with Gasteiger partial charge in [0.25, 0.3) is 0 Å². The van der Waals surface area contributed by atoms with Gasteiger partial charge in [0.2, 0.25) is 5.91 Å². The smallest absolute Gasteiger partial charge is 0.358 e. The molecule has 2 fully saturated rings. The number of fused-ring (bicyclic) bond motifs is 1. The van der Waals surface area contributed by atoms with Gasteiger partial charge in [-0.25, -0.2) is 9.97 Å². The second-order valence-electron chi connectivity index (χ2n) is 11.0. The molecule has 1 saturated carbocycles. The van der Waals surface area contributed by atoms with Crippen molar-refractivity contribution in [3.8, 4) is 0 Å². The van der Waals surface area contributed by atoms with E-state index < -0.39 is 17.8 Å². The Kier molecular flexibility index (Phi) is 7.27. The van der Waals surface area contributed by atoms with Crippen LogP contribution < -0.4 is 10.6 Å². The highest BCUT2D eigenvalue weighted by molar-refractivity contribution is 5.93. The molecule has 0 spiro atoms. The Labute approximate surface area is 205 Å². The Morgan fingerprint density at radius 3 is 2.57 bits per heavy atom. The van der Waals surface area contributed by atoms with Gasteiger partial charge in [0.05, 0.1) is 11.1 Å². The van der Waals surface area contributed by atoms with Gasteiger partial charge in [-0.3, -0.25) is 4.79 Å². The number of carbonyl (C=O) groups is 1. The number of carbonyl (C=O) groups excluding carboxylic acids is 1. The Morgan fingerprint density at radius 2 is 1.89 bits per heavy atom. The molecule has 4 atom stereocenters. The second-order valence-corrected chi connectivity index (χ2v) is 11.0. The number of anilines is 1. The van der Waals surface area contributed by atoms with Crippen LogP contribution in [0.25, 0.3) is 10.9 Å². The van der Waals surface area contributed by atoms with E-state index in [1.165, 1.54) is 12.4 Å². The molecule has 0 bridgehead atoms. The van der Waals surface area contributed by atoms with Crippen LogP contribution in [0.15, 0.2) is 24.5 Å². The normalized spacial score (nSPS) is 25.9. The van der Waals surface area contributed by atoms with Gasteiger partial charge in [0.1, 0.15) is 18.2 Å². The van der Waals surface area contributed by atoms with Crippen LogP contribution in [0.2, 0.25) is 0 Å². The predicted octanol–water partition coefficient (Wildman–Crippen LogP) is 5.39. The minimum Gasteiger partial charge on any atom is -0.358 e. The number of halogens is 3. The maximum atomic E-state index is 13.5. The van der Waals surface area contributed by atoms with Crippen molar-refractivity contribution in [1.29, 1.82) is 0 Å². The fraction of sp³-hybridized carbons (Fsp3) is 0.654. The first-order valence-electron chi connectivity index (χ1n) is 12.6. The van der Waals surface area contributed by atoms with Crippen LogP contribution in [0.1, 0.15) is 71.8 Å². The number of hydrogen-bond acceptors (Lipinski definition) is 5. The quantitative estimate of drug-likeness (QED) is 0.567. The molecule has 35 heavy (non-hydrogen) atoms.